The molecule has 4 rings (SSSR count). The number of aliphatic imine (C=N–C) groups is 1. The molecule has 2 aliphatic heterocycles. The van der Waals surface area contributed by atoms with E-state index in [0.29, 0.717) is 11.6 Å². The summed E-state index contributed by atoms with van der Waals surface area (Å²) in [6, 6.07) is 15.9. The Morgan fingerprint density at radius 1 is 1.19 bits per heavy atom. The summed E-state index contributed by atoms with van der Waals surface area (Å²) in [5.74, 6) is -0.669. The standard InChI is InChI=1S/C23H23N3O4S/c1-3-14-4-6-16(7-5-14)19-12-18(15-8-10-17(30-2)11-9-15)25-26(19)23-24-22(29)20(31-23)13-21(27)28/h4-11,19-20H,3,12-13H2,1-2H3,(H,27,28)/t19-,20-/m0/s1. The Hall–Kier alpha value is -3.13. The van der Waals surface area contributed by atoms with Crippen LogP contribution in [0.25, 0.3) is 0 Å². The SMILES string of the molecule is CCc1ccc([C@@H]2CC(c3ccc(OC)cc3)=NN2C2=NC(=O)[C@H](CC(=O)O)S2)cc1. The average molecular weight is 438 g/mol. The van der Waals surface area contributed by atoms with Crippen LogP contribution in [0.15, 0.2) is 58.6 Å². The van der Waals surface area contributed by atoms with Crippen LogP contribution in [0, 0.1) is 0 Å². The fourth-order valence-corrected chi connectivity index (χ4v) is 4.70. The first-order valence-electron chi connectivity index (χ1n) is 10.1. The number of hydrogen-bond acceptors (Lipinski definition) is 6. The molecular weight excluding hydrogens is 414 g/mol. The van der Waals surface area contributed by atoms with Crippen LogP contribution >= 0.6 is 11.8 Å². The van der Waals surface area contributed by atoms with Gasteiger partial charge in [-0.05, 0) is 47.4 Å². The van der Waals surface area contributed by atoms with Crippen LogP contribution in [0.5, 0.6) is 5.75 Å². The number of rotatable bonds is 6. The first-order chi connectivity index (χ1) is 15.0. The summed E-state index contributed by atoms with van der Waals surface area (Å²) in [5, 5.41) is 15.4. The maximum atomic E-state index is 12.3. The number of amides is 1. The van der Waals surface area contributed by atoms with Gasteiger partial charge in [0.2, 0.25) is 0 Å². The molecule has 160 valence electrons. The number of nitrogens with zero attached hydrogens (tertiary/aromatic N) is 3. The molecule has 2 aromatic carbocycles. The maximum Gasteiger partial charge on any atom is 0.305 e. The van der Waals surface area contributed by atoms with Crippen LogP contribution < -0.4 is 4.74 Å². The molecule has 1 N–H and O–H groups in total. The van der Waals surface area contributed by atoms with Crippen LogP contribution in [0.4, 0.5) is 0 Å². The quantitative estimate of drug-likeness (QED) is 0.737. The summed E-state index contributed by atoms with van der Waals surface area (Å²) >= 11 is 1.17. The minimum absolute atomic E-state index is 0.120. The number of methoxy groups -OCH3 is 1. The number of aliphatic carboxylic acids is 1. The van der Waals surface area contributed by atoms with Gasteiger partial charge in [0, 0.05) is 6.42 Å². The third kappa shape index (κ3) is 4.49. The van der Waals surface area contributed by atoms with E-state index in [1.165, 1.54) is 17.3 Å². The third-order valence-electron chi connectivity index (χ3n) is 5.39. The molecule has 7 nitrogen and oxygen atoms in total. The van der Waals surface area contributed by atoms with Crippen LogP contribution in [0.3, 0.4) is 0 Å². The van der Waals surface area contributed by atoms with Crippen molar-refractivity contribution in [2.24, 2.45) is 10.1 Å². The largest absolute Gasteiger partial charge is 0.497 e. The topological polar surface area (TPSA) is 91.6 Å². The molecule has 0 spiro atoms. The van der Waals surface area contributed by atoms with Gasteiger partial charge in [-0.1, -0.05) is 43.0 Å². The molecule has 2 aromatic rings. The predicted octanol–water partition coefficient (Wildman–Crippen LogP) is 3.88. The molecule has 0 saturated carbocycles. The van der Waals surface area contributed by atoms with Gasteiger partial charge < -0.3 is 9.84 Å². The molecule has 0 saturated heterocycles. The van der Waals surface area contributed by atoms with E-state index in [4.69, 9.17) is 14.9 Å². The summed E-state index contributed by atoms with van der Waals surface area (Å²) in [6.45, 7) is 2.11. The minimum atomic E-state index is -1.02. The second-order valence-electron chi connectivity index (χ2n) is 7.37. The maximum absolute atomic E-state index is 12.3. The first kappa shape index (κ1) is 21.1. The number of aryl methyl sites for hydroxylation is 1. The van der Waals surface area contributed by atoms with Crippen molar-refractivity contribution in [1.29, 1.82) is 0 Å². The van der Waals surface area contributed by atoms with Gasteiger partial charge in [-0.2, -0.15) is 10.1 Å². The lowest BCUT2D eigenvalue weighted by molar-refractivity contribution is -0.138. The number of thioether (sulfide) groups is 1. The van der Waals surface area contributed by atoms with Crippen molar-refractivity contribution in [2.75, 3.05) is 7.11 Å². The highest BCUT2D eigenvalue weighted by atomic mass is 32.2. The smallest absolute Gasteiger partial charge is 0.305 e. The molecule has 0 aromatic heterocycles. The van der Waals surface area contributed by atoms with E-state index in [1.807, 2.05) is 24.3 Å². The average Bonchev–Trinajstić information content (AvgIpc) is 3.37. The van der Waals surface area contributed by atoms with E-state index in [9.17, 15) is 9.59 Å². The van der Waals surface area contributed by atoms with E-state index in [1.54, 1.807) is 12.1 Å². The Bertz CT molecular complexity index is 1050. The number of carboxylic acids is 1. The number of carbonyl (C=O) groups excluding carboxylic acids is 1. The Balaban J connectivity index is 1.66. The van der Waals surface area contributed by atoms with Gasteiger partial charge in [0.05, 0.1) is 25.3 Å². The van der Waals surface area contributed by atoms with E-state index in [2.05, 4.69) is 36.2 Å². The fourth-order valence-electron chi connectivity index (χ4n) is 3.64. The van der Waals surface area contributed by atoms with Crippen molar-refractivity contribution in [2.45, 2.75) is 37.5 Å². The van der Waals surface area contributed by atoms with Crippen molar-refractivity contribution >= 4 is 34.5 Å². The van der Waals surface area contributed by atoms with Crippen LogP contribution in [-0.4, -0.2) is 45.2 Å². The number of amidine groups is 1. The second-order valence-corrected chi connectivity index (χ2v) is 8.54. The molecule has 1 amide bonds. The minimum Gasteiger partial charge on any atom is -0.497 e. The summed E-state index contributed by atoms with van der Waals surface area (Å²) in [4.78, 5) is 27.5. The molecule has 0 aliphatic carbocycles. The number of benzene rings is 2. The van der Waals surface area contributed by atoms with Gasteiger partial charge in [0.25, 0.3) is 5.91 Å². The van der Waals surface area contributed by atoms with Crippen molar-refractivity contribution in [3.63, 3.8) is 0 Å². The van der Waals surface area contributed by atoms with Crippen LogP contribution in [-0.2, 0) is 16.0 Å². The highest BCUT2D eigenvalue weighted by Gasteiger charge is 2.39. The Labute approximate surface area is 184 Å². The zero-order valence-corrected chi connectivity index (χ0v) is 18.1. The monoisotopic (exact) mass is 437 g/mol. The molecule has 0 unspecified atom stereocenters. The van der Waals surface area contributed by atoms with E-state index in [-0.39, 0.29) is 12.5 Å². The van der Waals surface area contributed by atoms with Crippen molar-refractivity contribution in [3.05, 3.63) is 65.2 Å². The molecule has 0 bridgehead atoms. The van der Waals surface area contributed by atoms with E-state index >= 15 is 0 Å². The lowest BCUT2D eigenvalue weighted by atomic mass is 9.97. The Kier molecular flexibility index (Phi) is 6.08. The highest BCUT2D eigenvalue weighted by molar-refractivity contribution is 8.15. The Morgan fingerprint density at radius 3 is 2.52 bits per heavy atom. The second kappa shape index (κ2) is 8.93. The van der Waals surface area contributed by atoms with Gasteiger partial charge in [-0.25, -0.2) is 5.01 Å². The molecule has 2 aliphatic rings. The van der Waals surface area contributed by atoms with Crippen molar-refractivity contribution < 1.29 is 19.4 Å². The van der Waals surface area contributed by atoms with E-state index in [0.717, 1.165) is 29.0 Å². The first-order valence-corrected chi connectivity index (χ1v) is 11.0. The lowest BCUT2D eigenvalue weighted by Gasteiger charge is -2.23. The normalized spacial score (nSPS) is 20.6. The molecule has 0 radical (unpaired) electrons. The van der Waals surface area contributed by atoms with Gasteiger partial charge in [-0.3, -0.25) is 9.59 Å². The van der Waals surface area contributed by atoms with Crippen molar-refractivity contribution in [3.8, 4) is 5.75 Å². The zero-order valence-electron chi connectivity index (χ0n) is 17.3. The number of carbonyl (C=O) groups is 2. The van der Waals surface area contributed by atoms with Gasteiger partial charge in [0.1, 0.15) is 11.0 Å². The number of hydrazone groups is 1. The van der Waals surface area contributed by atoms with E-state index < -0.39 is 17.1 Å². The Morgan fingerprint density at radius 2 is 1.90 bits per heavy atom. The summed E-state index contributed by atoms with van der Waals surface area (Å²) in [6.07, 6.45) is 1.35. The molecule has 8 heteroatoms. The molecule has 2 heterocycles. The number of ether oxygens (including phenoxy) is 1. The predicted molar refractivity (Wildman–Crippen MR) is 121 cm³/mol. The summed E-state index contributed by atoms with van der Waals surface area (Å²) in [5.41, 5.74) is 4.16. The highest BCUT2D eigenvalue weighted by Crippen LogP contribution is 2.38. The van der Waals surface area contributed by atoms with Gasteiger partial charge >= 0.3 is 5.97 Å². The molecule has 2 atom stereocenters. The fraction of sp³-hybridized carbons (Fsp3) is 0.304. The third-order valence-corrected chi connectivity index (χ3v) is 6.53. The van der Waals surface area contributed by atoms with Gasteiger partial charge in [0.15, 0.2) is 5.17 Å². The summed E-state index contributed by atoms with van der Waals surface area (Å²) < 4.78 is 5.24. The van der Waals surface area contributed by atoms with Gasteiger partial charge in [-0.15, -0.1) is 0 Å². The molecule has 0 fully saturated rings. The zero-order chi connectivity index (χ0) is 22.0. The van der Waals surface area contributed by atoms with Crippen LogP contribution in [0.1, 0.15) is 42.5 Å². The number of carboxylic acid groups (broad SMARTS) is 1. The van der Waals surface area contributed by atoms with Crippen molar-refractivity contribution in [1.82, 2.24) is 5.01 Å². The molecule has 31 heavy (non-hydrogen) atoms. The van der Waals surface area contributed by atoms with Crippen LogP contribution in [0.2, 0.25) is 0 Å². The number of hydrogen-bond donors (Lipinski definition) is 1. The summed E-state index contributed by atoms with van der Waals surface area (Å²) in [7, 11) is 1.62. The molecular formula is C23H23N3O4S. The lowest BCUT2D eigenvalue weighted by Crippen LogP contribution is -2.24.